The summed E-state index contributed by atoms with van der Waals surface area (Å²) in [5.74, 6) is -2.25. The molecule has 3 N–H and O–H groups in total. The Labute approximate surface area is 179 Å². The number of carboxylic acids is 1. The van der Waals surface area contributed by atoms with Crippen LogP contribution in [-0.2, 0) is 16.1 Å². The number of rotatable bonds is 5. The predicted molar refractivity (Wildman–Crippen MR) is 116 cm³/mol. The number of aliphatic carboxylic acids is 1. The molecule has 6 rings (SSSR count). The zero-order valence-corrected chi connectivity index (χ0v) is 16.6. The highest BCUT2D eigenvalue weighted by atomic mass is 16.4. The predicted octanol–water partition coefficient (Wildman–Crippen LogP) is 1.97. The standard InChI is InChI=1S/C23H21BN2O5/c27-22-15-10-17(19-13-26(24(30)31)20-9-5-4-8-16(19)20)21(18(11-15)23(28)29)25(22)12-14-6-2-1-3-7-14/h1-10,13,15,18,21,30-31H,11-12H2,(H,28,29). The molecule has 0 spiro atoms. The highest BCUT2D eigenvalue weighted by Gasteiger charge is 2.50. The van der Waals surface area contributed by atoms with Gasteiger partial charge in [-0.2, -0.15) is 0 Å². The van der Waals surface area contributed by atoms with Crippen molar-refractivity contribution in [2.75, 3.05) is 0 Å². The van der Waals surface area contributed by atoms with E-state index >= 15 is 0 Å². The highest BCUT2D eigenvalue weighted by molar-refractivity contribution is 6.41. The maximum absolute atomic E-state index is 13.1. The molecule has 1 saturated heterocycles. The van der Waals surface area contributed by atoms with Gasteiger partial charge in [0, 0.05) is 29.2 Å². The summed E-state index contributed by atoms with van der Waals surface area (Å²) in [6.07, 6.45) is 3.77. The van der Waals surface area contributed by atoms with Crippen LogP contribution < -0.4 is 0 Å². The minimum atomic E-state index is -1.72. The minimum Gasteiger partial charge on any atom is -0.481 e. The second-order valence-electron chi connectivity index (χ2n) is 8.12. The number of nitrogens with zero attached hydrogens (tertiary/aromatic N) is 2. The molecule has 1 fully saturated rings. The van der Waals surface area contributed by atoms with Gasteiger partial charge in [0.05, 0.1) is 17.9 Å². The van der Waals surface area contributed by atoms with E-state index in [0.29, 0.717) is 12.1 Å². The van der Waals surface area contributed by atoms with Gasteiger partial charge in [0.2, 0.25) is 5.91 Å². The van der Waals surface area contributed by atoms with E-state index in [4.69, 9.17) is 0 Å². The van der Waals surface area contributed by atoms with Crippen LogP contribution in [0.2, 0.25) is 0 Å². The molecule has 3 heterocycles. The number of piperidine rings is 1. The van der Waals surface area contributed by atoms with Crippen molar-refractivity contribution >= 4 is 35.6 Å². The Hall–Kier alpha value is -3.36. The lowest BCUT2D eigenvalue weighted by Crippen LogP contribution is -2.57. The molecule has 1 amide bonds. The Balaban J connectivity index is 1.66. The van der Waals surface area contributed by atoms with Gasteiger partial charge >= 0.3 is 13.2 Å². The Morgan fingerprint density at radius 2 is 1.77 bits per heavy atom. The fourth-order valence-electron chi connectivity index (χ4n) is 4.98. The van der Waals surface area contributed by atoms with Gasteiger partial charge < -0.3 is 24.5 Å². The molecule has 1 aromatic heterocycles. The Bertz CT molecular complexity index is 1200. The normalized spacial score (nSPS) is 22.6. The first-order valence-corrected chi connectivity index (χ1v) is 10.2. The maximum Gasteiger partial charge on any atom is 0.592 e. The van der Waals surface area contributed by atoms with E-state index in [0.717, 1.165) is 22.1 Å². The first-order chi connectivity index (χ1) is 15.0. The summed E-state index contributed by atoms with van der Waals surface area (Å²) >= 11 is 0. The zero-order valence-electron chi connectivity index (χ0n) is 16.6. The molecule has 0 saturated carbocycles. The molecule has 3 atom stereocenters. The van der Waals surface area contributed by atoms with E-state index in [-0.39, 0.29) is 12.3 Å². The molecule has 2 aromatic carbocycles. The summed E-state index contributed by atoms with van der Waals surface area (Å²) in [6, 6.07) is 16.2. The number of benzene rings is 2. The molecule has 1 aliphatic carbocycles. The van der Waals surface area contributed by atoms with Crippen molar-refractivity contribution in [2.45, 2.75) is 19.0 Å². The molecule has 0 radical (unpaired) electrons. The van der Waals surface area contributed by atoms with Crippen molar-refractivity contribution in [3.05, 3.63) is 78.0 Å². The third-order valence-corrected chi connectivity index (χ3v) is 6.34. The quantitative estimate of drug-likeness (QED) is 0.552. The van der Waals surface area contributed by atoms with Crippen molar-refractivity contribution in [1.29, 1.82) is 0 Å². The Kier molecular flexibility index (Phi) is 4.68. The van der Waals surface area contributed by atoms with Gasteiger partial charge in [0.1, 0.15) is 0 Å². The van der Waals surface area contributed by atoms with Crippen LogP contribution in [0.25, 0.3) is 16.5 Å². The van der Waals surface area contributed by atoms with Crippen LogP contribution in [0.3, 0.4) is 0 Å². The number of carboxylic acid groups (broad SMARTS) is 1. The van der Waals surface area contributed by atoms with Crippen LogP contribution in [0.5, 0.6) is 0 Å². The fraction of sp³-hybridized carbons (Fsp3) is 0.217. The second kappa shape index (κ2) is 7.41. The van der Waals surface area contributed by atoms with Crippen LogP contribution >= 0.6 is 0 Å². The number of para-hydroxylation sites is 1. The minimum absolute atomic E-state index is 0.0685. The van der Waals surface area contributed by atoms with Gasteiger partial charge in [0.15, 0.2) is 0 Å². The number of hydrogen-bond acceptors (Lipinski definition) is 4. The second-order valence-corrected chi connectivity index (χ2v) is 8.12. The molecule has 8 heteroatoms. The molecular weight excluding hydrogens is 395 g/mol. The molecule has 3 aliphatic rings. The first kappa shape index (κ1) is 19.6. The largest absolute Gasteiger partial charge is 0.592 e. The number of carbonyl (C=O) groups excluding carboxylic acids is 1. The lowest BCUT2D eigenvalue weighted by Gasteiger charge is -2.47. The molecule has 31 heavy (non-hydrogen) atoms. The van der Waals surface area contributed by atoms with Gasteiger partial charge in [-0.05, 0) is 23.6 Å². The molecule has 2 bridgehead atoms. The third kappa shape index (κ3) is 3.15. The Morgan fingerprint density at radius 1 is 1.06 bits per heavy atom. The number of amides is 1. The summed E-state index contributed by atoms with van der Waals surface area (Å²) in [5, 5.41) is 30.4. The van der Waals surface area contributed by atoms with Crippen LogP contribution in [0, 0.1) is 11.8 Å². The molecule has 2 aliphatic heterocycles. The van der Waals surface area contributed by atoms with Gasteiger partial charge in [-0.25, -0.2) is 0 Å². The van der Waals surface area contributed by atoms with E-state index in [1.165, 1.54) is 4.48 Å². The van der Waals surface area contributed by atoms with Gasteiger partial charge in [-0.15, -0.1) is 0 Å². The summed E-state index contributed by atoms with van der Waals surface area (Å²) in [5.41, 5.74) is 3.02. The van der Waals surface area contributed by atoms with E-state index < -0.39 is 31.1 Å². The molecular formula is C23H21BN2O5. The van der Waals surface area contributed by atoms with Crippen LogP contribution in [0.4, 0.5) is 0 Å². The van der Waals surface area contributed by atoms with Crippen molar-refractivity contribution in [2.24, 2.45) is 11.8 Å². The molecule has 3 unspecified atom stereocenters. The fourth-order valence-corrected chi connectivity index (χ4v) is 4.98. The molecule has 156 valence electrons. The topological polar surface area (TPSA) is 103 Å². The lowest BCUT2D eigenvalue weighted by molar-refractivity contribution is -0.153. The molecule has 7 nitrogen and oxygen atoms in total. The van der Waals surface area contributed by atoms with E-state index in [2.05, 4.69) is 0 Å². The SMILES string of the molecule is O=C(O)C1CC2C=C(c3cn(B(O)O)c4ccccc34)C1N(Cc1ccccc1)C2=O. The van der Waals surface area contributed by atoms with Crippen LogP contribution in [-0.4, -0.2) is 49.7 Å². The monoisotopic (exact) mass is 416 g/mol. The van der Waals surface area contributed by atoms with Crippen LogP contribution in [0.1, 0.15) is 17.5 Å². The number of carbonyl (C=O) groups is 2. The van der Waals surface area contributed by atoms with Crippen molar-refractivity contribution < 1.29 is 24.7 Å². The van der Waals surface area contributed by atoms with E-state index in [1.54, 1.807) is 23.2 Å². The maximum atomic E-state index is 13.1. The number of hydrogen-bond donors (Lipinski definition) is 3. The van der Waals surface area contributed by atoms with Crippen LogP contribution in [0.15, 0.2) is 66.9 Å². The van der Waals surface area contributed by atoms with Gasteiger partial charge in [-0.3, -0.25) is 9.59 Å². The van der Waals surface area contributed by atoms with Gasteiger partial charge in [0.25, 0.3) is 0 Å². The smallest absolute Gasteiger partial charge is 0.481 e. The average Bonchev–Trinajstić information content (AvgIpc) is 3.16. The molecule has 3 aromatic rings. The van der Waals surface area contributed by atoms with Crippen molar-refractivity contribution in [1.82, 2.24) is 9.38 Å². The number of aromatic nitrogens is 1. The Morgan fingerprint density at radius 3 is 2.48 bits per heavy atom. The number of fused-ring (bicyclic) bond motifs is 3. The summed E-state index contributed by atoms with van der Waals surface area (Å²) in [4.78, 5) is 26.9. The summed E-state index contributed by atoms with van der Waals surface area (Å²) < 4.78 is 1.34. The van der Waals surface area contributed by atoms with Crippen molar-refractivity contribution in [3.63, 3.8) is 0 Å². The zero-order chi connectivity index (χ0) is 21.7. The first-order valence-electron chi connectivity index (χ1n) is 10.2. The van der Waals surface area contributed by atoms with E-state index in [9.17, 15) is 24.7 Å². The third-order valence-electron chi connectivity index (χ3n) is 6.34. The van der Waals surface area contributed by atoms with Crippen molar-refractivity contribution in [3.8, 4) is 0 Å². The summed E-state index contributed by atoms with van der Waals surface area (Å²) in [7, 11) is -1.72. The lowest BCUT2D eigenvalue weighted by atomic mass is 9.71. The average molecular weight is 416 g/mol. The summed E-state index contributed by atoms with van der Waals surface area (Å²) in [6.45, 7) is 0.323. The van der Waals surface area contributed by atoms with E-state index in [1.807, 2.05) is 48.5 Å². The van der Waals surface area contributed by atoms with Gasteiger partial charge in [-0.1, -0.05) is 54.6 Å². The highest BCUT2D eigenvalue weighted by Crippen LogP contribution is 2.46.